The van der Waals surface area contributed by atoms with Crippen molar-refractivity contribution in [1.82, 2.24) is 14.8 Å². The molecule has 3 aromatic rings. The van der Waals surface area contributed by atoms with E-state index in [2.05, 4.69) is 10.1 Å². The van der Waals surface area contributed by atoms with Crippen molar-refractivity contribution in [3.05, 3.63) is 41.5 Å². The van der Waals surface area contributed by atoms with Crippen LogP contribution in [0.5, 0.6) is 5.75 Å². The predicted octanol–water partition coefficient (Wildman–Crippen LogP) is 2.90. The first-order valence-corrected chi connectivity index (χ1v) is 6.97. The molecule has 0 saturated heterocycles. The van der Waals surface area contributed by atoms with Gasteiger partial charge in [0.25, 0.3) is 0 Å². The van der Waals surface area contributed by atoms with Crippen molar-refractivity contribution >= 4 is 16.5 Å². The third kappa shape index (κ3) is 2.14. The van der Waals surface area contributed by atoms with Crippen LogP contribution in [-0.4, -0.2) is 21.9 Å². The largest absolute Gasteiger partial charge is 0.497 e. The molecule has 0 aliphatic carbocycles. The summed E-state index contributed by atoms with van der Waals surface area (Å²) in [5, 5.41) is 6.94. The Kier molecular flexibility index (Phi) is 3.15. The van der Waals surface area contributed by atoms with Gasteiger partial charge in [-0.2, -0.15) is 5.10 Å². The van der Waals surface area contributed by atoms with E-state index in [-0.39, 0.29) is 0 Å². The SMILES string of the molecule is COc1ccc(-n2ncc(-c3csc(N)n3)c2C)cc1. The molecule has 0 bridgehead atoms. The van der Waals surface area contributed by atoms with Crippen molar-refractivity contribution in [3.8, 4) is 22.7 Å². The lowest BCUT2D eigenvalue weighted by atomic mass is 10.2. The molecule has 0 radical (unpaired) electrons. The van der Waals surface area contributed by atoms with Crippen molar-refractivity contribution in [3.63, 3.8) is 0 Å². The fraction of sp³-hybridized carbons (Fsp3) is 0.143. The summed E-state index contributed by atoms with van der Waals surface area (Å²) in [5.74, 6) is 0.825. The van der Waals surface area contributed by atoms with E-state index in [0.717, 1.165) is 28.4 Å². The van der Waals surface area contributed by atoms with Crippen LogP contribution in [0.3, 0.4) is 0 Å². The molecule has 20 heavy (non-hydrogen) atoms. The zero-order chi connectivity index (χ0) is 14.1. The third-order valence-corrected chi connectivity index (χ3v) is 3.80. The van der Waals surface area contributed by atoms with E-state index in [1.54, 1.807) is 7.11 Å². The molecule has 0 amide bonds. The van der Waals surface area contributed by atoms with Gasteiger partial charge < -0.3 is 10.5 Å². The van der Waals surface area contributed by atoms with E-state index in [1.807, 2.05) is 47.4 Å². The number of hydrogen-bond donors (Lipinski definition) is 1. The van der Waals surface area contributed by atoms with Gasteiger partial charge in [-0.3, -0.25) is 0 Å². The van der Waals surface area contributed by atoms with Gasteiger partial charge in [-0.25, -0.2) is 9.67 Å². The smallest absolute Gasteiger partial charge is 0.180 e. The van der Waals surface area contributed by atoms with E-state index in [1.165, 1.54) is 11.3 Å². The van der Waals surface area contributed by atoms with Crippen LogP contribution in [0.4, 0.5) is 5.13 Å². The molecule has 0 spiro atoms. The minimum absolute atomic E-state index is 0.566. The van der Waals surface area contributed by atoms with Gasteiger partial charge in [0.1, 0.15) is 5.75 Å². The lowest BCUT2D eigenvalue weighted by Crippen LogP contribution is -1.98. The molecule has 0 atom stereocenters. The first-order chi connectivity index (χ1) is 9.69. The highest BCUT2D eigenvalue weighted by atomic mass is 32.1. The van der Waals surface area contributed by atoms with Crippen molar-refractivity contribution in [1.29, 1.82) is 0 Å². The molecule has 0 aliphatic rings. The fourth-order valence-electron chi connectivity index (χ4n) is 2.06. The molecule has 6 heteroatoms. The Balaban J connectivity index is 2.01. The van der Waals surface area contributed by atoms with Crippen LogP contribution in [0.25, 0.3) is 16.9 Å². The number of rotatable bonds is 3. The first kappa shape index (κ1) is 12.7. The Morgan fingerprint density at radius 3 is 2.60 bits per heavy atom. The normalized spacial score (nSPS) is 10.7. The van der Waals surface area contributed by atoms with E-state index >= 15 is 0 Å². The number of thiazole rings is 1. The van der Waals surface area contributed by atoms with Crippen LogP contribution in [0.15, 0.2) is 35.8 Å². The van der Waals surface area contributed by atoms with Gasteiger partial charge in [0.15, 0.2) is 5.13 Å². The van der Waals surface area contributed by atoms with Crippen molar-refractivity contribution in [2.75, 3.05) is 12.8 Å². The van der Waals surface area contributed by atoms with E-state index in [0.29, 0.717) is 5.13 Å². The zero-order valence-corrected chi connectivity index (χ0v) is 12.0. The van der Waals surface area contributed by atoms with E-state index in [4.69, 9.17) is 10.5 Å². The Labute approximate surface area is 120 Å². The third-order valence-electron chi connectivity index (χ3n) is 3.12. The van der Waals surface area contributed by atoms with Crippen LogP contribution in [0.2, 0.25) is 0 Å². The number of nitrogens with two attached hydrogens (primary N) is 1. The number of nitrogen functional groups attached to an aromatic ring is 1. The fourth-order valence-corrected chi connectivity index (χ4v) is 2.62. The highest BCUT2D eigenvalue weighted by Crippen LogP contribution is 2.27. The average molecular weight is 286 g/mol. The van der Waals surface area contributed by atoms with Crippen molar-refractivity contribution < 1.29 is 4.74 Å². The quantitative estimate of drug-likeness (QED) is 0.804. The molecule has 2 heterocycles. The molecule has 2 aromatic heterocycles. The molecule has 2 N–H and O–H groups in total. The minimum Gasteiger partial charge on any atom is -0.497 e. The Bertz CT molecular complexity index is 730. The van der Waals surface area contributed by atoms with Crippen LogP contribution in [0.1, 0.15) is 5.69 Å². The van der Waals surface area contributed by atoms with Gasteiger partial charge in [0.2, 0.25) is 0 Å². The molecule has 102 valence electrons. The molecule has 5 nitrogen and oxygen atoms in total. The molecular weight excluding hydrogens is 272 g/mol. The summed E-state index contributed by atoms with van der Waals surface area (Å²) >= 11 is 1.43. The summed E-state index contributed by atoms with van der Waals surface area (Å²) in [7, 11) is 1.65. The van der Waals surface area contributed by atoms with Crippen LogP contribution < -0.4 is 10.5 Å². The number of aromatic nitrogens is 3. The molecule has 0 unspecified atom stereocenters. The van der Waals surface area contributed by atoms with Crippen molar-refractivity contribution in [2.45, 2.75) is 6.92 Å². The Morgan fingerprint density at radius 2 is 2.00 bits per heavy atom. The standard InChI is InChI=1S/C14H14N4OS/c1-9-12(13-8-20-14(15)17-13)7-16-18(9)10-3-5-11(19-2)6-4-10/h3-8H,1-2H3,(H2,15,17). The first-order valence-electron chi connectivity index (χ1n) is 6.09. The number of benzene rings is 1. The topological polar surface area (TPSA) is 66.0 Å². The van der Waals surface area contributed by atoms with Crippen LogP contribution in [-0.2, 0) is 0 Å². The van der Waals surface area contributed by atoms with E-state index in [9.17, 15) is 0 Å². The molecular formula is C14H14N4OS. The van der Waals surface area contributed by atoms with Gasteiger partial charge >= 0.3 is 0 Å². The highest BCUT2D eigenvalue weighted by Gasteiger charge is 2.12. The number of nitrogens with zero attached hydrogens (tertiary/aromatic N) is 3. The second-order valence-corrected chi connectivity index (χ2v) is 5.21. The molecule has 0 saturated carbocycles. The highest BCUT2D eigenvalue weighted by molar-refractivity contribution is 7.13. The lowest BCUT2D eigenvalue weighted by Gasteiger charge is -2.06. The van der Waals surface area contributed by atoms with Crippen LogP contribution in [0, 0.1) is 6.92 Å². The van der Waals surface area contributed by atoms with Gasteiger partial charge in [-0.15, -0.1) is 11.3 Å². The summed E-state index contributed by atoms with van der Waals surface area (Å²) in [6, 6.07) is 7.77. The average Bonchev–Trinajstić information content (AvgIpc) is 3.05. The van der Waals surface area contributed by atoms with Crippen LogP contribution >= 0.6 is 11.3 Å². The molecule has 3 rings (SSSR count). The van der Waals surface area contributed by atoms with Gasteiger partial charge in [-0.1, -0.05) is 0 Å². The molecule has 1 aromatic carbocycles. The number of ether oxygens (including phenoxy) is 1. The minimum atomic E-state index is 0.566. The second-order valence-electron chi connectivity index (χ2n) is 4.32. The van der Waals surface area contributed by atoms with Gasteiger partial charge in [-0.05, 0) is 31.2 Å². The Morgan fingerprint density at radius 1 is 1.25 bits per heavy atom. The molecule has 0 fully saturated rings. The van der Waals surface area contributed by atoms with Crippen molar-refractivity contribution in [2.24, 2.45) is 0 Å². The molecule has 0 aliphatic heterocycles. The number of methoxy groups -OCH3 is 1. The maximum atomic E-state index is 5.68. The maximum absolute atomic E-state index is 5.68. The summed E-state index contributed by atoms with van der Waals surface area (Å²) in [4.78, 5) is 4.30. The summed E-state index contributed by atoms with van der Waals surface area (Å²) in [6.07, 6.45) is 1.81. The van der Waals surface area contributed by atoms with Gasteiger partial charge in [0, 0.05) is 10.9 Å². The summed E-state index contributed by atoms with van der Waals surface area (Å²) < 4.78 is 7.04. The lowest BCUT2D eigenvalue weighted by molar-refractivity contribution is 0.414. The summed E-state index contributed by atoms with van der Waals surface area (Å²) in [5.41, 5.74) is 9.55. The predicted molar refractivity (Wildman–Crippen MR) is 80.4 cm³/mol. The number of hydrogen-bond acceptors (Lipinski definition) is 5. The maximum Gasteiger partial charge on any atom is 0.180 e. The monoisotopic (exact) mass is 286 g/mol. The summed E-state index contributed by atoms with van der Waals surface area (Å²) in [6.45, 7) is 2.02. The van der Waals surface area contributed by atoms with E-state index < -0.39 is 0 Å². The zero-order valence-electron chi connectivity index (χ0n) is 11.2. The Hall–Kier alpha value is -2.34. The van der Waals surface area contributed by atoms with Gasteiger partial charge in [0.05, 0.1) is 30.4 Å². The second kappa shape index (κ2) is 4.97. The number of anilines is 1.